The molecule has 8 heteroatoms. The molecule has 0 atom stereocenters. The van der Waals surface area contributed by atoms with E-state index >= 15 is 0 Å². The van der Waals surface area contributed by atoms with E-state index in [4.69, 9.17) is 19.4 Å². The number of piperidine rings is 1. The topological polar surface area (TPSA) is 95.4 Å². The second kappa shape index (κ2) is 8.67. The van der Waals surface area contributed by atoms with Gasteiger partial charge >= 0.3 is 0 Å². The number of anilines is 1. The lowest BCUT2D eigenvalue weighted by Gasteiger charge is -2.31. The number of methoxy groups -OCH3 is 1. The Bertz CT molecular complexity index is 1420. The molecule has 4 aromatic rings. The fourth-order valence-corrected chi connectivity index (χ4v) is 4.42. The number of benzene rings is 2. The Labute approximate surface area is 196 Å². The summed E-state index contributed by atoms with van der Waals surface area (Å²) in [5.74, 6) is 0.972. The number of halogens is 1. The van der Waals surface area contributed by atoms with Gasteiger partial charge in [0.25, 0.3) is 0 Å². The number of pyridine rings is 1. The maximum absolute atomic E-state index is 14.6. The van der Waals surface area contributed by atoms with Gasteiger partial charge in [0.2, 0.25) is 0 Å². The summed E-state index contributed by atoms with van der Waals surface area (Å²) < 4.78 is 25.7. The zero-order valence-corrected chi connectivity index (χ0v) is 18.9. The van der Waals surface area contributed by atoms with Gasteiger partial charge < -0.3 is 19.2 Å². The SMILES string of the molecule is COc1ccc(-c2c(-c3ccc(C#N)c(F)c3)nc(N3CCC(C)CC3)c3ncoc23)cc1O. The van der Waals surface area contributed by atoms with Crippen LogP contribution in [0.1, 0.15) is 25.3 Å². The monoisotopic (exact) mass is 458 g/mol. The second-order valence-electron chi connectivity index (χ2n) is 8.55. The largest absolute Gasteiger partial charge is 0.504 e. The van der Waals surface area contributed by atoms with Crippen molar-refractivity contribution in [3.8, 4) is 40.0 Å². The molecule has 0 radical (unpaired) electrons. The highest BCUT2D eigenvalue weighted by Gasteiger charge is 2.26. The first-order valence-electron chi connectivity index (χ1n) is 11.1. The highest BCUT2D eigenvalue weighted by molar-refractivity contribution is 6.02. The highest BCUT2D eigenvalue weighted by atomic mass is 19.1. The van der Waals surface area contributed by atoms with Crippen LogP contribution in [0, 0.1) is 23.1 Å². The average Bonchev–Trinajstić information content (AvgIpc) is 3.33. The molecule has 1 aliphatic heterocycles. The van der Waals surface area contributed by atoms with Crippen LogP contribution in [0.2, 0.25) is 0 Å². The van der Waals surface area contributed by atoms with Crippen LogP contribution in [0.25, 0.3) is 33.5 Å². The Morgan fingerprint density at radius 3 is 2.62 bits per heavy atom. The van der Waals surface area contributed by atoms with Crippen LogP contribution in [0.4, 0.5) is 10.2 Å². The molecular formula is C26H23FN4O3. The summed E-state index contributed by atoms with van der Waals surface area (Å²) in [4.78, 5) is 11.6. The Balaban J connectivity index is 1.78. The van der Waals surface area contributed by atoms with Gasteiger partial charge in [0.1, 0.15) is 11.9 Å². The first-order valence-corrected chi connectivity index (χ1v) is 11.1. The van der Waals surface area contributed by atoms with Crippen molar-refractivity contribution >= 4 is 16.9 Å². The molecule has 0 unspecified atom stereocenters. The van der Waals surface area contributed by atoms with Crippen molar-refractivity contribution in [2.45, 2.75) is 19.8 Å². The average molecular weight is 458 g/mol. The third-order valence-electron chi connectivity index (χ3n) is 6.37. The number of nitriles is 1. The van der Waals surface area contributed by atoms with Gasteiger partial charge in [-0.2, -0.15) is 5.26 Å². The Kier molecular flexibility index (Phi) is 5.54. The molecule has 1 aliphatic rings. The summed E-state index contributed by atoms with van der Waals surface area (Å²) in [5, 5.41) is 19.6. The zero-order chi connectivity index (χ0) is 23.8. The number of rotatable bonds is 4. The van der Waals surface area contributed by atoms with Gasteiger partial charge in [-0.15, -0.1) is 0 Å². The van der Waals surface area contributed by atoms with E-state index in [-0.39, 0.29) is 11.3 Å². The van der Waals surface area contributed by atoms with Crippen molar-refractivity contribution in [2.24, 2.45) is 5.92 Å². The minimum atomic E-state index is -0.628. The van der Waals surface area contributed by atoms with Gasteiger partial charge in [-0.3, -0.25) is 0 Å². The quantitative estimate of drug-likeness (QED) is 0.430. The number of phenolic OH excluding ortho intramolecular Hbond substituents is 1. The Morgan fingerprint density at radius 1 is 1.18 bits per heavy atom. The summed E-state index contributed by atoms with van der Waals surface area (Å²) in [6, 6.07) is 11.3. The minimum Gasteiger partial charge on any atom is -0.504 e. The van der Waals surface area contributed by atoms with Crippen molar-refractivity contribution in [3.63, 3.8) is 0 Å². The minimum absolute atomic E-state index is 0.0429. The van der Waals surface area contributed by atoms with Gasteiger partial charge in [0.15, 0.2) is 34.8 Å². The standard InChI is InChI=1S/C26H23FN4O3/c1-15-7-9-31(10-8-15)26-24-25(34-14-29-24)22(16-5-6-21(33-2)20(32)12-16)23(30-26)17-3-4-18(13-28)19(27)11-17/h3-6,11-12,14-15,32H,7-10H2,1-2H3. The smallest absolute Gasteiger partial charge is 0.182 e. The number of phenols is 1. The Morgan fingerprint density at radius 2 is 1.94 bits per heavy atom. The molecule has 2 aromatic heterocycles. The number of nitrogens with zero attached hydrogens (tertiary/aromatic N) is 4. The molecule has 0 bridgehead atoms. The Hall–Kier alpha value is -4.12. The predicted molar refractivity (Wildman–Crippen MR) is 126 cm³/mol. The number of aromatic nitrogens is 2. The molecule has 0 amide bonds. The maximum atomic E-state index is 14.6. The highest BCUT2D eigenvalue weighted by Crippen LogP contribution is 2.43. The van der Waals surface area contributed by atoms with Crippen LogP contribution in [0.5, 0.6) is 11.5 Å². The van der Waals surface area contributed by atoms with E-state index in [1.165, 1.54) is 25.6 Å². The normalized spacial score (nSPS) is 14.4. The van der Waals surface area contributed by atoms with E-state index in [0.717, 1.165) is 25.9 Å². The number of fused-ring (bicyclic) bond motifs is 1. The maximum Gasteiger partial charge on any atom is 0.182 e. The van der Waals surface area contributed by atoms with E-state index in [9.17, 15) is 9.50 Å². The van der Waals surface area contributed by atoms with Crippen molar-refractivity contribution < 1.29 is 18.7 Å². The van der Waals surface area contributed by atoms with E-state index in [2.05, 4.69) is 16.8 Å². The molecule has 5 rings (SSSR count). The molecule has 2 aromatic carbocycles. The molecule has 0 aliphatic carbocycles. The number of hydrogen-bond acceptors (Lipinski definition) is 7. The van der Waals surface area contributed by atoms with E-state index in [1.54, 1.807) is 24.3 Å². The number of hydrogen-bond donors (Lipinski definition) is 1. The molecule has 34 heavy (non-hydrogen) atoms. The molecular weight excluding hydrogens is 435 g/mol. The first kappa shape index (κ1) is 21.7. The summed E-state index contributed by atoms with van der Waals surface area (Å²) in [6.07, 6.45) is 3.45. The fraction of sp³-hybridized carbons (Fsp3) is 0.269. The van der Waals surface area contributed by atoms with Crippen LogP contribution in [0.15, 0.2) is 47.2 Å². The van der Waals surface area contributed by atoms with Crippen molar-refractivity contribution in [2.75, 3.05) is 25.1 Å². The lowest BCUT2D eigenvalue weighted by molar-refractivity contribution is 0.373. The zero-order valence-electron chi connectivity index (χ0n) is 18.9. The molecule has 7 nitrogen and oxygen atoms in total. The van der Waals surface area contributed by atoms with Gasteiger partial charge in [0, 0.05) is 18.7 Å². The molecule has 0 spiro atoms. The summed E-state index contributed by atoms with van der Waals surface area (Å²) >= 11 is 0. The molecule has 1 fully saturated rings. The predicted octanol–water partition coefficient (Wildman–Crippen LogP) is 5.52. The van der Waals surface area contributed by atoms with Crippen molar-refractivity contribution in [1.82, 2.24) is 9.97 Å². The lowest BCUT2D eigenvalue weighted by Crippen LogP contribution is -2.33. The number of ether oxygens (including phenoxy) is 1. The van der Waals surface area contributed by atoms with E-state index < -0.39 is 5.82 Å². The molecule has 0 saturated carbocycles. The van der Waals surface area contributed by atoms with Crippen LogP contribution in [0.3, 0.4) is 0 Å². The molecule has 1 N–H and O–H groups in total. The van der Waals surface area contributed by atoms with Gasteiger partial charge in [-0.1, -0.05) is 19.1 Å². The van der Waals surface area contributed by atoms with Gasteiger partial charge in [-0.25, -0.2) is 14.4 Å². The van der Waals surface area contributed by atoms with Crippen LogP contribution >= 0.6 is 0 Å². The summed E-state index contributed by atoms with van der Waals surface area (Å²) in [7, 11) is 1.48. The number of oxazole rings is 1. The summed E-state index contributed by atoms with van der Waals surface area (Å²) in [5.41, 5.74) is 3.22. The second-order valence-corrected chi connectivity index (χ2v) is 8.55. The van der Waals surface area contributed by atoms with E-state index in [1.807, 2.05) is 6.07 Å². The lowest BCUT2D eigenvalue weighted by atomic mass is 9.96. The fourth-order valence-electron chi connectivity index (χ4n) is 4.42. The number of aromatic hydroxyl groups is 1. The third kappa shape index (κ3) is 3.69. The molecule has 172 valence electrons. The van der Waals surface area contributed by atoms with Crippen LogP contribution < -0.4 is 9.64 Å². The van der Waals surface area contributed by atoms with E-state index in [0.29, 0.717) is 51.0 Å². The van der Waals surface area contributed by atoms with Crippen LogP contribution in [-0.2, 0) is 0 Å². The van der Waals surface area contributed by atoms with Crippen molar-refractivity contribution in [1.29, 1.82) is 5.26 Å². The van der Waals surface area contributed by atoms with Crippen LogP contribution in [-0.4, -0.2) is 35.3 Å². The molecule has 3 heterocycles. The summed E-state index contributed by atoms with van der Waals surface area (Å²) in [6.45, 7) is 3.90. The third-order valence-corrected chi connectivity index (χ3v) is 6.37. The van der Waals surface area contributed by atoms with Gasteiger partial charge in [-0.05, 0) is 48.6 Å². The van der Waals surface area contributed by atoms with Gasteiger partial charge in [0.05, 0.1) is 23.9 Å². The van der Waals surface area contributed by atoms with Crippen molar-refractivity contribution in [3.05, 3.63) is 54.2 Å². The first-order chi connectivity index (χ1) is 16.5. The molecule has 1 saturated heterocycles.